The van der Waals surface area contributed by atoms with Crippen molar-refractivity contribution < 1.29 is 4.79 Å². The molecule has 30 heavy (non-hydrogen) atoms. The number of amides is 1. The van der Waals surface area contributed by atoms with E-state index in [9.17, 15) is 10.1 Å². The van der Waals surface area contributed by atoms with Crippen molar-refractivity contribution in [2.24, 2.45) is 0 Å². The SMILES string of the molecule is N#CC(CN1CCCN(CC(=O)NCCc2ccccc2)CC1)c1ccc(Cl)cc1. The molecule has 6 heteroatoms. The Labute approximate surface area is 184 Å². The third kappa shape index (κ3) is 7.14. The van der Waals surface area contributed by atoms with Crippen LogP contribution < -0.4 is 5.32 Å². The van der Waals surface area contributed by atoms with Gasteiger partial charge in [-0.1, -0.05) is 54.1 Å². The summed E-state index contributed by atoms with van der Waals surface area (Å²) in [6.07, 6.45) is 1.84. The molecule has 1 heterocycles. The minimum atomic E-state index is -0.171. The van der Waals surface area contributed by atoms with Gasteiger partial charge in [0.15, 0.2) is 0 Å². The third-order valence-corrected chi connectivity index (χ3v) is 5.75. The Kier molecular flexibility index (Phi) is 8.70. The molecular formula is C24H29ClN4O. The molecule has 1 atom stereocenters. The monoisotopic (exact) mass is 424 g/mol. The summed E-state index contributed by atoms with van der Waals surface area (Å²) in [5, 5.41) is 13.3. The standard InChI is InChI=1S/C24H29ClN4O/c25-23-9-7-21(8-10-23)22(17-26)18-28-13-4-14-29(16-15-28)19-24(30)27-12-11-20-5-2-1-3-6-20/h1-3,5-10,22H,4,11-16,18-19H2,(H,27,30). The molecule has 0 bridgehead atoms. The van der Waals surface area contributed by atoms with E-state index in [-0.39, 0.29) is 11.8 Å². The van der Waals surface area contributed by atoms with Crippen molar-refractivity contribution in [3.05, 3.63) is 70.7 Å². The van der Waals surface area contributed by atoms with Crippen LogP contribution in [0.5, 0.6) is 0 Å². The van der Waals surface area contributed by atoms with E-state index >= 15 is 0 Å². The number of nitrogens with zero attached hydrogens (tertiary/aromatic N) is 3. The molecule has 0 aliphatic carbocycles. The molecule has 2 aromatic rings. The maximum atomic E-state index is 12.3. The maximum absolute atomic E-state index is 12.3. The fraction of sp³-hybridized carbons (Fsp3) is 0.417. The fourth-order valence-corrected chi connectivity index (χ4v) is 3.92. The molecule has 0 radical (unpaired) electrons. The van der Waals surface area contributed by atoms with E-state index in [2.05, 4.69) is 33.3 Å². The average molecular weight is 425 g/mol. The second-order valence-corrected chi connectivity index (χ2v) is 8.19. The predicted octanol–water partition coefficient (Wildman–Crippen LogP) is 3.31. The van der Waals surface area contributed by atoms with E-state index in [4.69, 9.17) is 11.6 Å². The normalized spacial score (nSPS) is 16.4. The lowest BCUT2D eigenvalue weighted by atomic mass is 10.00. The molecule has 1 N–H and O–H groups in total. The van der Waals surface area contributed by atoms with Gasteiger partial charge in [0.05, 0.1) is 18.5 Å². The minimum Gasteiger partial charge on any atom is -0.355 e. The highest BCUT2D eigenvalue weighted by Gasteiger charge is 2.20. The van der Waals surface area contributed by atoms with Gasteiger partial charge in [-0.25, -0.2) is 0 Å². The smallest absolute Gasteiger partial charge is 0.234 e. The summed E-state index contributed by atoms with van der Waals surface area (Å²) in [4.78, 5) is 16.9. The molecule has 1 aliphatic rings. The summed E-state index contributed by atoms with van der Waals surface area (Å²) in [6, 6.07) is 20.1. The van der Waals surface area contributed by atoms with Crippen molar-refractivity contribution in [3.8, 4) is 6.07 Å². The number of halogens is 1. The van der Waals surface area contributed by atoms with Crippen molar-refractivity contribution in [1.82, 2.24) is 15.1 Å². The number of carbonyl (C=O) groups is 1. The molecule has 1 amide bonds. The van der Waals surface area contributed by atoms with Crippen molar-refractivity contribution in [2.45, 2.75) is 18.8 Å². The maximum Gasteiger partial charge on any atom is 0.234 e. The second-order valence-electron chi connectivity index (χ2n) is 7.75. The zero-order valence-electron chi connectivity index (χ0n) is 17.3. The van der Waals surface area contributed by atoms with Crippen LogP contribution in [0, 0.1) is 11.3 Å². The zero-order valence-corrected chi connectivity index (χ0v) is 18.0. The molecule has 1 saturated heterocycles. The number of rotatable bonds is 8. The van der Waals surface area contributed by atoms with Crippen LogP contribution >= 0.6 is 11.6 Å². The van der Waals surface area contributed by atoms with Crippen molar-refractivity contribution in [2.75, 3.05) is 45.8 Å². The highest BCUT2D eigenvalue weighted by molar-refractivity contribution is 6.30. The topological polar surface area (TPSA) is 59.4 Å². The summed E-state index contributed by atoms with van der Waals surface area (Å²) >= 11 is 5.96. The van der Waals surface area contributed by atoms with Crippen LogP contribution in [-0.2, 0) is 11.2 Å². The molecule has 0 spiro atoms. The van der Waals surface area contributed by atoms with Gasteiger partial charge in [0.1, 0.15) is 0 Å². The molecular weight excluding hydrogens is 396 g/mol. The van der Waals surface area contributed by atoms with Gasteiger partial charge < -0.3 is 10.2 Å². The first kappa shape index (κ1) is 22.3. The number of carbonyl (C=O) groups excluding carboxylic acids is 1. The average Bonchev–Trinajstić information content (AvgIpc) is 2.98. The van der Waals surface area contributed by atoms with Crippen LogP contribution in [0.2, 0.25) is 5.02 Å². The highest BCUT2D eigenvalue weighted by atomic mass is 35.5. The Bertz CT molecular complexity index is 835. The summed E-state index contributed by atoms with van der Waals surface area (Å²) in [5.41, 5.74) is 2.23. The van der Waals surface area contributed by atoms with Gasteiger partial charge in [0.2, 0.25) is 5.91 Å². The van der Waals surface area contributed by atoms with Gasteiger partial charge in [-0.2, -0.15) is 5.26 Å². The van der Waals surface area contributed by atoms with Gasteiger partial charge in [-0.15, -0.1) is 0 Å². The van der Waals surface area contributed by atoms with Crippen LogP contribution in [0.1, 0.15) is 23.5 Å². The molecule has 0 aromatic heterocycles. The quantitative estimate of drug-likeness (QED) is 0.706. The summed E-state index contributed by atoms with van der Waals surface area (Å²) < 4.78 is 0. The Hall–Kier alpha value is -2.39. The number of hydrogen-bond acceptors (Lipinski definition) is 4. The number of nitriles is 1. The lowest BCUT2D eigenvalue weighted by Crippen LogP contribution is -2.40. The van der Waals surface area contributed by atoms with E-state index < -0.39 is 0 Å². The first-order valence-corrected chi connectivity index (χ1v) is 10.9. The van der Waals surface area contributed by atoms with Crippen LogP contribution in [0.4, 0.5) is 0 Å². The van der Waals surface area contributed by atoms with Crippen LogP contribution in [-0.4, -0.2) is 61.5 Å². The first-order chi connectivity index (χ1) is 14.6. The molecule has 2 aromatic carbocycles. The van der Waals surface area contributed by atoms with Crippen molar-refractivity contribution in [3.63, 3.8) is 0 Å². The summed E-state index contributed by atoms with van der Waals surface area (Å²) in [6.45, 7) is 5.34. The molecule has 158 valence electrons. The van der Waals surface area contributed by atoms with Gasteiger partial charge in [-0.05, 0) is 49.2 Å². The van der Waals surface area contributed by atoms with Crippen LogP contribution in [0.25, 0.3) is 0 Å². The largest absolute Gasteiger partial charge is 0.355 e. The van der Waals surface area contributed by atoms with E-state index in [1.54, 1.807) is 0 Å². The molecule has 1 aliphatic heterocycles. The Balaban J connectivity index is 1.41. The van der Waals surface area contributed by atoms with E-state index in [0.29, 0.717) is 24.7 Å². The van der Waals surface area contributed by atoms with E-state index in [1.807, 2.05) is 42.5 Å². The lowest BCUT2D eigenvalue weighted by molar-refractivity contribution is -0.122. The predicted molar refractivity (Wildman–Crippen MR) is 120 cm³/mol. The van der Waals surface area contributed by atoms with Crippen molar-refractivity contribution >= 4 is 17.5 Å². The fourth-order valence-electron chi connectivity index (χ4n) is 3.79. The second kappa shape index (κ2) is 11.7. The van der Waals surface area contributed by atoms with Gasteiger partial charge in [0, 0.05) is 31.2 Å². The van der Waals surface area contributed by atoms with E-state index in [0.717, 1.165) is 44.6 Å². The molecule has 1 fully saturated rings. The van der Waals surface area contributed by atoms with Crippen LogP contribution in [0.3, 0.4) is 0 Å². The first-order valence-electron chi connectivity index (χ1n) is 10.5. The zero-order chi connectivity index (χ0) is 21.2. The van der Waals surface area contributed by atoms with Gasteiger partial charge in [0.25, 0.3) is 0 Å². The van der Waals surface area contributed by atoms with Gasteiger partial charge in [-0.3, -0.25) is 9.69 Å². The summed E-state index contributed by atoms with van der Waals surface area (Å²) in [5.74, 6) is -0.0921. The Morgan fingerprint density at radius 3 is 2.47 bits per heavy atom. The molecule has 5 nitrogen and oxygen atoms in total. The van der Waals surface area contributed by atoms with Crippen LogP contribution in [0.15, 0.2) is 54.6 Å². The molecule has 1 unspecified atom stereocenters. The number of benzene rings is 2. The third-order valence-electron chi connectivity index (χ3n) is 5.50. The lowest BCUT2D eigenvalue weighted by Gasteiger charge is -2.23. The molecule has 3 rings (SSSR count). The number of hydrogen-bond donors (Lipinski definition) is 1. The Morgan fingerprint density at radius 2 is 1.73 bits per heavy atom. The highest BCUT2D eigenvalue weighted by Crippen LogP contribution is 2.20. The summed E-state index contributed by atoms with van der Waals surface area (Å²) in [7, 11) is 0. The molecule has 0 saturated carbocycles. The minimum absolute atomic E-state index is 0.0791. The van der Waals surface area contributed by atoms with Crippen molar-refractivity contribution in [1.29, 1.82) is 5.26 Å². The Morgan fingerprint density at radius 1 is 1.03 bits per heavy atom. The van der Waals surface area contributed by atoms with Gasteiger partial charge >= 0.3 is 0 Å². The van der Waals surface area contributed by atoms with E-state index in [1.165, 1.54) is 5.56 Å². The number of nitrogens with one attached hydrogen (secondary N) is 1.